The molecule has 1 rings (SSSR count). The topological polar surface area (TPSA) is 96.1 Å². The molecule has 1 heterocycles. The lowest BCUT2D eigenvalue weighted by molar-refractivity contribution is 0.179. The van der Waals surface area contributed by atoms with E-state index in [1.807, 2.05) is 6.92 Å². The van der Waals surface area contributed by atoms with Crippen LogP contribution in [0, 0.1) is 0 Å². The summed E-state index contributed by atoms with van der Waals surface area (Å²) >= 11 is 0. The van der Waals surface area contributed by atoms with Gasteiger partial charge in [0.1, 0.15) is 11.6 Å². The van der Waals surface area contributed by atoms with Crippen LogP contribution in [0.5, 0.6) is 0 Å². The number of nitrogens with zero attached hydrogens (tertiary/aromatic N) is 2. The van der Waals surface area contributed by atoms with Crippen LogP contribution in [0.15, 0.2) is 6.07 Å². The largest absolute Gasteiger partial charge is 0.393 e. The van der Waals surface area contributed by atoms with Gasteiger partial charge < -0.3 is 21.5 Å². The first kappa shape index (κ1) is 12.5. The Morgan fingerprint density at radius 3 is 2.56 bits per heavy atom. The molecule has 0 spiro atoms. The van der Waals surface area contributed by atoms with E-state index in [1.54, 1.807) is 20.0 Å². The lowest BCUT2D eigenvalue weighted by atomic mass is 10.1. The molecular formula is C10H19N5O. The van der Waals surface area contributed by atoms with E-state index in [2.05, 4.69) is 20.6 Å². The molecule has 0 fully saturated rings. The first-order valence-electron chi connectivity index (χ1n) is 5.28. The summed E-state index contributed by atoms with van der Waals surface area (Å²) in [7, 11) is 1.77. The van der Waals surface area contributed by atoms with Gasteiger partial charge in [-0.3, -0.25) is 0 Å². The summed E-state index contributed by atoms with van der Waals surface area (Å²) in [5.74, 6) is 1.54. The predicted molar refractivity (Wildman–Crippen MR) is 65.4 cm³/mol. The summed E-state index contributed by atoms with van der Waals surface area (Å²) in [6, 6.07) is 1.90. The van der Waals surface area contributed by atoms with E-state index >= 15 is 0 Å². The van der Waals surface area contributed by atoms with Crippen LogP contribution in [0.4, 0.5) is 17.6 Å². The van der Waals surface area contributed by atoms with Crippen molar-refractivity contribution in [1.29, 1.82) is 0 Å². The Balaban J connectivity index is 2.69. The van der Waals surface area contributed by atoms with Crippen molar-refractivity contribution in [2.75, 3.05) is 23.4 Å². The number of aliphatic hydroxyl groups is 1. The maximum Gasteiger partial charge on any atom is 0.223 e. The Hall–Kier alpha value is -1.56. The molecule has 1 aromatic heterocycles. The van der Waals surface area contributed by atoms with Crippen molar-refractivity contribution in [3.63, 3.8) is 0 Å². The quantitative estimate of drug-likeness (QED) is 0.588. The van der Waals surface area contributed by atoms with Gasteiger partial charge in [-0.15, -0.1) is 0 Å². The summed E-state index contributed by atoms with van der Waals surface area (Å²) in [5.41, 5.74) is 5.56. The van der Waals surface area contributed by atoms with E-state index < -0.39 is 0 Å². The third-order valence-corrected chi connectivity index (χ3v) is 2.09. The van der Waals surface area contributed by atoms with E-state index in [0.717, 1.165) is 0 Å². The van der Waals surface area contributed by atoms with Gasteiger partial charge >= 0.3 is 0 Å². The molecule has 16 heavy (non-hydrogen) atoms. The Morgan fingerprint density at radius 2 is 2.00 bits per heavy atom. The predicted octanol–water partition coefficient (Wildman–Crippen LogP) is 0.672. The van der Waals surface area contributed by atoms with Crippen molar-refractivity contribution in [1.82, 2.24) is 9.97 Å². The zero-order valence-electron chi connectivity index (χ0n) is 9.86. The van der Waals surface area contributed by atoms with Gasteiger partial charge in [-0.05, 0) is 20.3 Å². The van der Waals surface area contributed by atoms with Crippen molar-refractivity contribution in [2.45, 2.75) is 32.4 Å². The maximum atomic E-state index is 9.25. The molecule has 0 saturated carbocycles. The second-order valence-corrected chi connectivity index (χ2v) is 3.88. The molecule has 0 amide bonds. The minimum absolute atomic E-state index is 0.124. The molecule has 1 aromatic rings. The fourth-order valence-corrected chi connectivity index (χ4v) is 1.49. The van der Waals surface area contributed by atoms with Crippen molar-refractivity contribution in [3.05, 3.63) is 6.07 Å². The Labute approximate surface area is 95.3 Å². The molecule has 6 heteroatoms. The van der Waals surface area contributed by atoms with Crippen molar-refractivity contribution in [3.8, 4) is 0 Å². The second-order valence-electron chi connectivity index (χ2n) is 3.88. The molecule has 0 aromatic carbocycles. The number of rotatable bonds is 5. The third kappa shape index (κ3) is 3.90. The van der Waals surface area contributed by atoms with E-state index in [1.165, 1.54) is 0 Å². The van der Waals surface area contributed by atoms with Gasteiger partial charge in [0.2, 0.25) is 5.95 Å². The Kier molecular flexibility index (Phi) is 4.30. The zero-order valence-corrected chi connectivity index (χ0v) is 9.86. The summed E-state index contributed by atoms with van der Waals surface area (Å²) in [6.45, 7) is 3.73. The van der Waals surface area contributed by atoms with Crippen LogP contribution in [0.2, 0.25) is 0 Å². The number of aromatic nitrogens is 2. The third-order valence-electron chi connectivity index (χ3n) is 2.09. The number of aliphatic hydroxyl groups excluding tert-OH is 1. The molecule has 0 aliphatic carbocycles. The summed E-state index contributed by atoms with van der Waals surface area (Å²) in [6.07, 6.45) is 0.309. The summed E-state index contributed by atoms with van der Waals surface area (Å²) in [5, 5.41) is 15.3. The highest BCUT2D eigenvalue weighted by Crippen LogP contribution is 2.13. The molecule has 5 N–H and O–H groups in total. The minimum Gasteiger partial charge on any atom is -0.393 e. The lowest BCUT2D eigenvalue weighted by Crippen LogP contribution is -2.21. The van der Waals surface area contributed by atoms with Crippen LogP contribution < -0.4 is 16.4 Å². The second kappa shape index (κ2) is 5.50. The summed E-state index contributed by atoms with van der Waals surface area (Å²) in [4.78, 5) is 8.05. The highest BCUT2D eigenvalue weighted by atomic mass is 16.3. The zero-order chi connectivity index (χ0) is 12.1. The number of nitrogen functional groups attached to an aromatic ring is 1. The molecule has 2 unspecified atom stereocenters. The SMILES string of the molecule is CNc1cc(NC(C)CC(C)O)nc(N)n1. The van der Waals surface area contributed by atoms with Crippen LogP contribution in [-0.2, 0) is 0 Å². The Morgan fingerprint density at radius 1 is 1.38 bits per heavy atom. The van der Waals surface area contributed by atoms with Crippen molar-refractivity contribution in [2.24, 2.45) is 0 Å². The minimum atomic E-state index is -0.342. The van der Waals surface area contributed by atoms with Gasteiger partial charge in [0, 0.05) is 19.2 Å². The van der Waals surface area contributed by atoms with Gasteiger partial charge in [0.05, 0.1) is 6.10 Å². The average Bonchev–Trinajstić information content (AvgIpc) is 2.14. The molecule has 6 nitrogen and oxygen atoms in total. The number of nitrogens with two attached hydrogens (primary N) is 1. The highest BCUT2D eigenvalue weighted by molar-refractivity contribution is 5.50. The fraction of sp³-hybridized carbons (Fsp3) is 0.600. The van der Waals surface area contributed by atoms with Gasteiger partial charge in [-0.25, -0.2) is 0 Å². The smallest absolute Gasteiger partial charge is 0.223 e. The highest BCUT2D eigenvalue weighted by Gasteiger charge is 2.08. The molecule has 0 radical (unpaired) electrons. The maximum absolute atomic E-state index is 9.25. The van der Waals surface area contributed by atoms with Gasteiger partial charge in [-0.1, -0.05) is 0 Å². The molecule has 0 bridgehead atoms. The first-order chi connectivity index (χ1) is 7.51. The van der Waals surface area contributed by atoms with Crippen LogP contribution >= 0.6 is 0 Å². The first-order valence-corrected chi connectivity index (χ1v) is 5.28. The van der Waals surface area contributed by atoms with Gasteiger partial charge in [0.25, 0.3) is 0 Å². The Bertz CT molecular complexity index is 342. The van der Waals surface area contributed by atoms with Gasteiger partial charge in [-0.2, -0.15) is 9.97 Å². The summed E-state index contributed by atoms with van der Waals surface area (Å²) < 4.78 is 0. The van der Waals surface area contributed by atoms with Crippen LogP contribution in [0.25, 0.3) is 0 Å². The van der Waals surface area contributed by atoms with Crippen molar-refractivity contribution < 1.29 is 5.11 Å². The van der Waals surface area contributed by atoms with Crippen LogP contribution in [-0.4, -0.2) is 34.3 Å². The number of anilines is 3. The molecule has 0 aliphatic heterocycles. The van der Waals surface area contributed by atoms with Gasteiger partial charge in [0.15, 0.2) is 0 Å². The molecular weight excluding hydrogens is 206 g/mol. The molecule has 0 aliphatic rings. The normalized spacial score (nSPS) is 14.2. The molecule has 2 atom stereocenters. The number of hydrogen-bond acceptors (Lipinski definition) is 6. The molecule has 0 saturated heterocycles. The van der Waals surface area contributed by atoms with Crippen LogP contribution in [0.1, 0.15) is 20.3 Å². The van der Waals surface area contributed by atoms with E-state index in [4.69, 9.17) is 5.73 Å². The van der Waals surface area contributed by atoms with E-state index in [9.17, 15) is 5.11 Å². The average molecular weight is 225 g/mol. The monoisotopic (exact) mass is 225 g/mol. The van der Waals surface area contributed by atoms with E-state index in [-0.39, 0.29) is 18.1 Å². The van der Waals surface area contributed by atoms with Crippen molar-refractivity contribution >= 4 is 17.6 Å². The fourth-order valence-electron chi connectivity index (χ4n) is 1.49. The number of hydrogen-bond donors (Lipinski definition) is 4. The number of nitrogens with one attached hydrogen (secondary N) is 2. The van der Waals surface area contributed by atoms with Crippen LogP contribution in [0.3, 0.4) is 0 Å². The molecule has 90 valence electrons. The lowest BCUT2D eigenvalue weighted by Gasteiger charge is -2.16. The van der Waals surface area contributed by atoms with E-state index in [0.29, 0.717) is 18.1 Å². The standard InChI is InChI=1S/C10H19N5O/c1-6(4-7(2)16)13-9-5-8(12-3)14-10(11)15-9/h5-7,16H,4H2,1-3H3,(H4,11,12,13,14,15).